The summed E-state index contributed by atoms with van der Waals surface area (Å²) >= 11 is 0. The molecular weight excluding hydrogens is 268 g/mol. The summed E-state index contributed by atoms with van der Waals surface area (Å²) in [5.74, 6) is 0. The van der Waals surface area contributed by atoms with Crippen molar-refractivity contribution in [1.29, 1.82) is 0 Å². The van der Waals surface area contributed by atoms with Gasteiger partial charge in [0.05, 0.1) is 12.6 Å². The van der Waals surface area contributed by atoms with Crippen molar-refractivity contribution in [2.75, 3.05) is 0 Å². The zero-order valence-corrected chi connectivity index (χ0v) is 15.4. The van der Waals surface area contributed by atoms with E-state index in [1.165, 1.54) is 77.0 Å². The van der Waals surface area contributed by atoms with Crippen molar-refractivity contribution in [3.63, 3.8) is 0 Å². The third-order valence-electron chi connectivity index (χ3n) is 4.68. The highest BCUT2D eigenvalue weighted by Crippen LogP contribution is 2.16. The smallest absolute Gasteiger partial charge is 0.237 e. The molecule has 0 fully saturated rings. The van der Waals surface area contributed by atoms with E-state index in [0.717, 1.165) is 6.54 Å². The normalized spacial score (nSPS) is 12.7. The maximum Gasteiger partial charge on any atom is 0.243 e. The van der Waals surface area contributed by atoms with E-state index in [1.54, 1.807) is 0 Å². The van der Waals surface area contributed by atoms with Gasteiger partial charge >= 0.3 is 0 Å². The summed E-state index contributed by atoms with van der Waals surface area (Å²) in [4.78, 5) is 0. The van der Waals surface area contributed by atoms with E-state index in [9.17, 15) is 0 Å². The van der Waals surface area contributed by atoms with Gasteiger partial charge in [-0.1, -0.05) is 71.6 Å². The molecule has 0 aliphatic rings. The molecule has 1 atom stereocenters. The van der Waals surface area contributed by atoms with Gasteiger partial charge in [0.25, 0.3) is 0 Å². The fourth-order valence-corrected chi connectivity index (χ4v) is 3.14. The van der Waals surface area contributed by atoms with Gasteiger partial charge in [0, 0.05) is 0 Å². The van der Waals surface area contributed by atoms with Crippen LogP contribution in [0.2, 0.25) is 0 Å². The van der Waals surface area contributed by atoms with Gasteiger partial charge < -0.3 is 0 Å². The molecule has 0 aliphatic heterocycles. The zero-order chi connectivity index (χ0) is 16.0. The van der Waals surface area contributed by atoms with E-state index in [1.807, 2.05) is 0 Å². The second kappa shape index (κ2) is 12.7. The first-order valence-electron chi connectivity index (χ1n) is 9.84. The molecule has 128 valence electrons. The second-order valence-electron chi connectivity index (χ2n) is 6.92. The van der Waals surface area contributed by atoms with Gasteiger partial charge in [-0.15, -0.1) is 0 Å². The van der Waals surface area contributed by atoms with Crippen molar-refractivity contribution >= 4 is 0 Å². The zero-order valence-electron chi connectivity index (χ0n) is 15.4. The van der Waals surface area contributed by atoms with Crippen molar-refractivity contribution in [3.05, 3.63) is 18.7 Å². The lowest BCUT2D eigenvalue weighted by Gasteiger charge is -2.07. The predicted octanol–water partition coefficient (Wildman–Crippen LogP) is 6.06. The summed E-state index contributed by atoms with van der Waals surface area (Å²) in [5.41, 5.74) is 0. The van der Waals surface area contributed by atoms with Crippen LogP contribution >= 0.6 is 0 Å². The molecule has 0 aliphatic carbocycles. The number of unbranched alkanes of at least 4 members (excludes halogenated alkanes) is 9. The van der Waals surface area contributed by atoms with Gasteiger partial charge in [0.2, 0.25) is 6.33 Å². The van der Waals surface area contributed by atoms with Gasteiger partial charge in [-0.3, -0.25) is 0 Å². The molecule has 0 bridgehead atoms. The Morgan fingerprint density at radius 3 is 2.00 bits per heavy atom. The number of rotatable bonds is 14. The second-order valence-corrected chi connectivity index (χ2v) is 6.92. The minimum atomic E-state index is 0.646. The van der Waals surface area contributed by atoms with Crippen molar-refractivity contribution in [2.24, 2.45) is 0 Å². The highest BCUT2D eigenvalue weighted by molar-refractivity contribution is 4.72. The standard InChI is InChI=1S/C20H39N2/c1-4-6-7-8-9-10-11-12-13-14-15-20(3)22-18-17-21(19-22)16-5-2/h17-20H,4-16H2,1-3H3/q+1. The molecule has 1 heterocycles. The fraction of sp³-hybridized carbons (Fsp3) is 0.850. The average Bonchev–Trinajstić information content (AvgIpc) is 2.98. The van der Waals surface area contributed by atoms with Crippen molar-refractivity contribution in [2.45, 2.75) is 110 Å². The molecule has 1 rings (SSSR count). The third-order valence-corrected chi connectivity index (χ3v) is 4.68. The maximum absolute atomic E-state index is 2.38. The Hall–Kier alpha value is -0.790. The Balaban J connectivity index is 1.97. The monoisotopic (exact) mass is 307 g/mol. The molecule has 0 N–H and O–H groups in total. The summed E-state index contributed by atoms with van der Waals surface area (Å²) in [7, 11) is 0. The lowest BCUT2D eigenvalue weighted by Crippen LogP contribution is -2.30. The SMILES string of the molecule is CCCCCCCCCCCCC(C)n1cc[n+](CCC)c1. The number of imidazole rings is 1. The lowest BCUT2D eigenvalue weighted by molar-refractivity contribution is -0.696. The quantitative estimate of drug-likeness (QED) is 0.292. The summed E-state index contributed by atoms with van der Waals surface area (Å²) in [6, 6.07) is 0.646. The van der Waals surface area contributed by atoms with Gasteiger partial charge in [-0.25, -0.2) is 9.13 Å². The van der Waals surface area contributed by atoms with Crippen LogP contribution in [0.1, 0.15) is 104 Å². The summed E-state index contributed by atoms with van der Waals surface area (Å²) in [6.07, 6.45) is 23.5. The van der Waals surface area contributed by atoms with Crippen molar-refractivity contribution < 1.29 is 4.57 Å². The van der Waals surface area contributed by atoms with E-state index < -0.39 is 0 Å². The first-order valence-corrected chi connectivity index (χ1v) is 9.84. The first-order chi connectivity index (χ1) is 10.8. The largest absolute Gasteiger partial charge is 0.243 e. The number of hydrogen-bond donors (Lipinski definition) is 0. The topological polar surface area (TPSA) is 8.81 Å². The van der Waals surface area contributed by atoms with E-state index >= 15 is 0 Å². The maximum atomic E-state index is 2.38. The number of nitrogens with zero attached hydrogens (tertiary/aromatic N) is 2. The van der Waals surface area contributed by atoms with E-state index in [2.05, 4.69) is 48.6 Å². The number of hydrogen-bond acceptors (Lipinski definition) is 0. The molecule has 1 aromatic rings. The Morgan fingerprint density at radius 2 is 1.41 bits per heavy atom. The summed E-state index contributed by atoms with van der Waals surface area (Å²) < 4.78 is 4.68. The van der Waals surface area contributed by atoms with Crippen LogP contribution in [-0.4, -0.2) is 4.57 Å². The molecule has 0 saturated carbocycles. The van der Waals surface area contributed by atoms with Crippen molar-refractivity contribution in [3.8, 4) is 0 Å². The molecule has 0 aromatic carbocycles. The molecule has 0 amide bonds. The van der Waals surface area contributed by atoms with Crippen LogP contribution in [0.15, 0.2) is 18.7 Å². The lowest BCUT2D eigenvalue weighted by atomic mass is 10.0. The van der Waals surface area contributed by atoms with E-state index in [4.69, 9.17) is 0 Å². The van der Waals surface area contributed by atoms with Crippen molar-refractivity contribution in [1.82, 2.24) is 4.57 Å². The fourth-order valence-electron chi connectivity index (χ4n) is 3.14. The van der Waals surface area contributed by atoms with Crippen LogP contribution in [0.25, 0.3) is 0 Å². The molecule has 2 nitrogen and oxygen atoms in total. The summed E-state index contributed by atoms with van der Waals surface area (Å²) in [5, 5.41) is 0. The average molecular weight is 308 g/mol. The van der Waals surface area contributed by atoms with Crippen LogP contribution in [0, 0.1) is 0 Å². The molecule has 22 heavy (non-hydrogen) atoms. The minimum Gasteiger partial charge on any atom is -0.237 e. The molecular formula is C20H39N2+. The molecule has 2 heteroatoms. The van der Waals surface area contributed by atoms with E-state index in [-0.39, 0.29) is 0 Å². The summed E-state index contributed by atoms with van der Waals surface area (Å²) in [6.45, 7) is 8.01. The van der Waals surface area contributed by atoms with Crippen LogP contribution in [-0.2, 0) is 6.54 Å². The molecule has 0 saturated heterocycles. The van der Waals surface area contributed by atoms with Crippen LogP contribution in [0.5, 0.6) is 0 Å². The van der Waals surface area contributed by atoms with Crippen LogP contribution in [0.3, 0.4) is 0 Å². The van der Waals surface area contributed by atoms with Gasteiger partial charge in [0.1, 0.15) is 12.4 Å². The van der Waals surface area contributed by atoms with Gasteiger partial charge in [-0.05, 0) is 26.2 Å². The number of aromatic nitrogens is 2. The third kappa shape index (κ3) is 8.60. The molecule has 0 spiro atoms. The highest BCUT2D eigenvalue weighted by Gasteiger charge is 2.10. The van der Waals surface area contributed by atoms with Crippen LogP contribution < -0.4 is 4.57 Å². The molecule has 1 aromatic heterocycles. The molecule has 1 unspecified atom stereocenters. The Labute approximate surface area is 138 Å². The van der Waals surface area contributed by atoms with E-state index in [0.29, 0.717) is 6.04 Å². The Morgan fingerprint density at radius 1 is 0.818 bits per heavy atom. The molecule has 0 radical (unpaired) electrons. The first kappa shape index (κ1) is 19.3. The minimum absolute atomic E-state index is 0.646. The Kier molecular flexibility index (Phi) is 11.1. The Bertz CT molecular complexity index is 356. The highest BCUT2D eigenvalue weighted by atomic mass is 15.1. The van der Waals surface area contributed by atoms with Gasteiger partial charge in [0.15, 0.2) is 0 Å². The number of aryl methyl sites for hydroxylation is 1. The van der Waals surface area contributed by atoms with Gasteiger partial charge in [-0.2, -0.15) is 0 Å². The van der Waals surface area contributed by atoms with Crippen LogP contribution in [0.4, 0.5) is 0 Å². The predicted molar refractivity (Wildman–Crippen MR) is 96.1 cm³/mol.